The first kappa shape index (κ1) is 14.0. The predicted molar refractivity (Wildman–Crippen MR) is 74.1 cm³/mol. The van der Waals surface area contributed by atoms with E-state index in [4.69, 9.17) is 10.00 Å². The number of hydrogen-bond donors (Lipinski definition) is 2. The maximum Gasteiger partial charge on any atom is 0.226 e. The number of rotatable bonds is 5. The molecule has 0 aliphatic heterocycles. The van der Waals surface area contributed by atoms with Crippen molar-refractivity contribution in [2.24, 2.45) is 0 Å². The third kappa shape index (κ3) is 3.33. The van der Waals surface area contributed by atoms with E-state index in [-0.39, 0.29) is 6.61 Å². The van der Waals surface area contributed by atoms with Gasteiger partial charge in [0.2, 0.25) is 5.88 Å². The second-order valence-electron chi connectivity index (χ2n) is 5.05. The first-order chi connectivity index (χ1) is 9.51. The molecule has 2 N–H and O–H groups in total. The molecule has 2 aromatic heterocycles. The summed E-state index contributed by atoms with van der Waals surface area (Å²) in [7, 11) is 0. The molecule has 0 amide bonds. The van der Waals surface area contributed by atoms with Gasteiger partial charge in [-0.1, -0.05) is 6.08 Å². The summed E-state index contributed by atoms with van der Waals surface area (Å²) in [5.74, 6) is 0.429. The lowest BCUT2D eigenvalue weighted by Crippen LogP contribution is -2.28. The van der Waals surface area contributed by atoms with Crippen LogP contribution in [0.25, 0.3) is 11.0 Å². The third-order valence-electron chi connectivity index (χ3n) is 2.61. The maximum absolute atomic E-state index is 9.72. The van der Waals surface area contributed by atoms with Crippen molar-refractivity contribution >= 4 is 11.0 Å². The predicted octanol–water partition coefficient (Wildman–Crippen LogP) is 1.73. The summed E-state index contributed by atoms with van der Waals surface area (Å²) in [4.78, 5) is 11.3. The minimum atomic E-state index is -0.936. The van der Waals surface area contributed by atoms with Gasteiger partial charge in [0.1, 0.15) is 18.6 Å². The largest absolute Gasteiger partial charge is 0.474 e. The van der Waals surface area contributed by atoms with E-state index in [2.05, 4.69) is 15.0 Å². The first-order valence-corrected chi connectivity index (χ1v) is 6.22. The van der Waals surface area contributed by atoms with Gasteiger partial charge in [-0.15, -0.1) is 0 Å². The molecule has 0 aliphatic carbocycles. The number of aromatic nitrogens is 3. The molecule has 2 heterocycles. The summed E-state index contributed by atoms with van der Waals surface area (Å²) < 4.78 is 5.58. The highest BCUT2D eigenvalue weighted by Crippen LogP contribution is 2.26. The van der Waals surface area contributed by atoms with E-state index in [0.29, 0.717) is 17.9 Å². The van der Waals surface area contributed by atoms with Crippen molar-refractivity contribution in [3.05, 3.63) is 30.2 Å². The van der Waals surface area contributed by atoms with Crippen LogP contribution in [0.5, 0.6) is 5.88 Å². The standard InChI is InChI=1S/C14H16N4O2/c1-14(2,19)8-20-13-11-10(5-3-4-6-15)7-16-12(11)17-9-18-13/h3-4,7,9,19H,5,8H2,1-2H3,(H,16,17,18)/b4-3+. The second-order valence-corrected chi connectivity index (χ2v) is 5.05. The Bertz CT molecular complexity index is 662. The van der Waals surface area contributed by atoms with Crippen LogP contribution in [0.15, 0.2) is 24.7 Å². The Hall–Kier alpha value is -2.39. The minimum absolute atomic E-state index is 0.137. The molecule has 0 radical (unpaired) electrons. The summed E-state index contributed by atoms with van der Waals surface area (Å²) >= 11 is 0. The molecule has 0 atom stereocenters. The van der Waals surface area contributed by atoms with Crippen LogP contribution in [0.2, 0.25) is 0 Å². The molecule has 20 heavy (non-hydrogen) atoms. The van der Waals surface area contributed by atoms with Gasteiger partial charge in [0.05, 0.1) is 17.1 Å². The highest BCUT2D eigenvalue weighted by molar-refractivity contribution is 5.84. The normalized spacial score (nSPS) is 11.9. The van der Waals surface area contributed by atoms with E-state index in [1.54, 1.807) is 19.9 Å². The fourth-order valence-corrected chi connectivity index (χ4v) is 1.75. The van der Waals surface area contributed by atoms with Gasteiger partial charge in [-0.3, -0.25) is 0 Å². The smallest absolute Gasteiger partial charge is 0.226 e. The lowest BCUT2D eigenvalue weighted by atomic mass is 10.1. The van der Waals surface area contributed by atoms with E-state index >= 15 is 0 Å². The molecule has 0 fully saturated rings. The SMILES string of the molecule is CC(C)(O)COc1ncnc2[nH]cc(C/C=C/C#N)c12. The van der Waals surface area contributed by atoms with E-state index < -0.39 is 5.60 Å². The van der Waals surface area contributed by atoms with E-state index in [0.717, 1.165) is 10.9 Å². The second kappa shape index (κ2) is 5.72. The first-order valence-electron chi connectivity index (χ1n) is 6.22. The van der Waals surface area contributed by atoms with Crippen LogP contribution in [0.4, 0.5) is 0 Å². The summed E-state index contributed by atoms with van der Waals surface area (Å²) in [5.41, 5.74) is 0.679. The molecule has 2 rings (SSSR count). The molecule has 0 unspecified atom stereocenters. The Morgan fingerprint density at radius 2 is 2.30 bits per heavy atom. The van der Waals surface area contributed by atoms with E-state index in [1.807, 2.05) is 12.3 Å². The lowest BCUT2D eigenvalue weighted by Gasteiger charge is -2.17. The average Bonchev–Trinajstić information content (AvgIpc) is 2.80. The molecule has 2 aromatic rings. The molecular formula is C14H16N4O2. The fourth-order valence-electron chi connectivity index (χ4n) is 1.75. The van der Waals surface area contributed by atoms with Crippen LogP contribution in [0, 0.1) is 11.3 Å². The Labute approximate surface area is 116 Å². The van der Waals surface area contributed by atoms with Gasteiger partial charge in [-0.05, 0) is 25.8 Å². The van der Waals surface area contributed by atoms with Crippen molar-refractivity contribution < 1.29 is 9.84 Å². The summed E-state index contributed by atoms with van der Waals surface area (Å²) in [6, 6.07) is 1.95. The Morgan fingerprint density at radius 3 is 3.00 bits per heavy atom. The zero-order valence-electron chi connectivity index (χ0n) is 11.4. The van der Waals surface area contributed by atoms with E-state index in [9.17, 15) is 5.11 Å². The fraction of sp³-hybridized carbons (Fsp3) is 0.357. The van der Waals surface area contributed by atoms with Crippen molar-refractivity contribution in [1.29, 1.82) is 5.26 Å². The quantitative estimate of drug-likeness (QED) is 0.808. The number of H-pyrrole nitrogens is 1. The summed E-state index contributed by atoms with van der Waals surface area (Å²) in [6.45, 7) is 3.47. The van der Waals surface area contributed by atoms with Gasteiger partial charge in [-0.2, -0.15) is 5.26 Å². The molecule has 0 saturated carbocycles. The molecule has 6 nitrogen and oxygen atoms in total. The summed E-state index contributed by atoms with van der Waals surface area (Å²) in [5, 5.41) is 19.0. The van der Waals surface area contributed by atoms with Crippen LogP contribution in [-0.2, 0) is 6.42 Å². The monoisotopic (exact) mass is 272 g/mol. The van der Waals surface area contributed by atoms with E-state index in [1.165, 1.54) is 12.4 Å². The zero-order valence-corrected chi connectivity index (χ0v) is 11.4. The number of nitrogens with one attached hydrogen (secondary N) is 1. The van der Waals surface area contributed by atoms with Crippen LogP contribution >= 0.6 is 0 Å². The number of hydrogen-bond acceptors (Lipinski definition) is 5. The Balaban J connectivity index is 2.32. The molecule has 0 aliphatic rings. The summed E-state index contributed by atoms with van der Waals surface area (Å²) in [6.07, 6.45) is 7.00. The van der Waals surface area contributed by atoms with Crippen molar-refractivity contribution in [3.8, 4) is 11.9 Å². The van der Waals surface area contributed by atoms with Crippen LogP contribution in [-0.4, -0.2) is 32.3 Å². The van der Waals surface area contributed by atoms with Crippen molar-refractivity contribution in [2.45, 2.75) is 25.9 Å². The molecule has 0 saturated heterocycles. The van der Waals surface area contributed by atoms with Gasteiger partial charge in [0.25, 0.3) is 0 Å². The van der Waals surface area contributed by atoms with Gasteiger partial charge >= 0.3 is 0 Å². The third-order valence-corrected chi connectivity index (χ3v) is 2.61. The Morgan fingerprint density at radius 1 is 1.50 bits per heavy atom. The minimum Gasteiger partial charge on any atom is -0.474 e. The van der Waals surface area contributed by atoms with Crippen LogP contribution in [0.1, 0.15) is 19.4 Å². The van der Waals surface area contributed by atoms with Crippen LogP contribution in [0.3, 0.4) is 0 Å². The number of fused-ring (bicyclic) bond motifs is 1. The molecule has 0 bridgehead atoms. The Kier molecular flexibility index (Phi) is 4.01. The van der Waals surface area contributed by atoms with Crippen molar-refractivity contribution in [3.63, 3.8) is 0 Å². The van der Waals surface area contributed by atoms with Gasteiger partial charge in [-0.25, -0.2) is 9.97 Å². The van der Waals surface area contributed by atoms with Crippen molar-refractivity contribution in [2.75, 3.05) is 6.61 Å². The number of ether oxygens (including phenoxy) is 1. The zero-order chi connectivity index (χ0) is 14.6. The maximum atomic E-state index is 9.72. The molecular weight excluding hydrogens is 256 g/mol. The number of nitrogens with zero attached hydrogens (tertiary/aromatic N) is 3. The highest BCUT2D eigenvalue weighted by atomic mass is 16.5. The molecule has 0 aromatic carbocycles. The molecule has 0 spiro atoms. The van der Waals surface area contributed by atoms with Gasteiger partial charge in [0.15, 0.2) is 0 Å². The number of allylic oxidation sites excluding steroid dienone is 2. The van der Waals surface area contributed by atoms with Gasteiger partial charge < -0.3 is 14.8 Å². The van der Waals surface area contributed by atoms with Gasteiger partial charge in [0, 0.05) is 12.3 Å². The topological polar surface area (TPSA) is 94.8 Å². The molecule has 104 valence electrons. The van der Waals surface area contributed by atoms with Crippen molar-refractivity contribution in [1.82, 2.24) is 15.0 Å². The lowest BCUT2D eigenvalue weighted by molar-refractivity contribution is 0.0274. The number of nitriles is 1. The average molecular weight is 272 g/mol. The van der Waals surface area contributed by atoms with Crippen LogP contribution < -0.4 is 4.74 Å². The number of aromatic amines is 1. The number of aliphatic hydroxyl groups is 1. The molecule has 6 heteroatoms. The highest BCUT2D eigenvalue weighted by Gasteiger charge is 2.17.